The van der Waals surface area contributed by atoms with E-state index in [9.17, 15) is 4.79 Å². The first-order valence-corrected chi connectivity index (χ1v) is 6.89. The molecule has 0 spiro atoms. The van der Waals surface area contributed by atoms with E-state index in [1.807, 2.05) is 35.7 Å². The molecule has 2 heterocycles. The maximum Gasteiger partial charge on any atom is 0.251 e. The molecule has 3 rings (SSSR count). The number of halogens is 1. The van der Waals surface area contributed by atoms with Gasteiger partial charge in [-0.25, -0.2) is 0 Å². The van der Waals surface area contributed by atoms with Crippen LogP contribution >= 0.6 is 11.6 Å². The average molecular weight is 301 g/mol. The molecule has 0 fully saturated rings. The molecule has 6 heteroatoms. The minimum atomic E-state index is -0.270. The van der Waals surface area contributed by atoms with Crippen LogP contribution in [0.3, 0.4) is 0 Å². The monoisotopic (exact) mass is 300 g/mol. The molecular formula is C15H13ClN4O. The van der Waals surface area contributed by atoms with Crippen molar-refractivity contribution >= 4 is 23.2 Å². The molecule has 0 aliphatic heterocycles. The van der Waals surface area contributed by atoms with Crippen molar-refractivity contribution in [1.82, 2.24) is 19.9 Å². The quantitative estimate of drug-likeness (QED) is 0.809. The van der Waals surface area contributed by atoms with Gasteiger partial charge in [0.1, 0.15) is 0 Å². The lowest BCUT2D eigenvalue weighted by Crippen LogP contribution is -2.28. The minimum absolute atomic E-state index is 0.197. The van der Waals surface area contributed by atoms with Gasteiger partial charge in [-0.1, -0.05) is 23.7 Å². The predicted octanol–water partition coefficient (Wildman–Crippen LogP) is 2.87. The molecule has 0 saturated carbocycles. The summed E-state index contributed by atoms with van der Waals surface area (Å²) >= 11 is 5.90. The van der Waals surface area contributed by atoms with Crippen molar-refractivity contribution in [2.24, 2.45) is 0 Å². The molecule has 1 atom stereocenters. The van der Waals surface area contributed by atoms with Crippen LogP contribution in [-0.2, 0) is 0 Å². The zero-order valence-corrected chi connectivity index (χ0v) is 12.1. The molecule has 2 aromatic heterocycles. The lowest BCUT2D eigenvalue weighted by atomic mass is 10.2. The Hall–Kier alpha value is -2.40. The number of aromatic nitrogens is 3. The Morgan fingerprint density at radius 1 is 1.24 bits per heavy atom. The van der Waals surface area contributed by atoms with Crippen molar-refractivity contribution in [3.63, 3.8) is 0 Å². The van der Waals surface area contributed by atoms with Crippen molar-refractivity contribution in [2.45, 2.75) is 13.0 Å². The molecule has 1 unspecified atom stereocenters. The van der Waals surface area contributed by atoms with Crippen LogP contribution in [0, 0.1) is 0 Å². The second-order valence-electron chi connectivity index (χ2n) is 4.69. The summed E-state index contributed by atoms with van der Waals surface area (Å²) in [5.41, 5.74) is 1.26. The summed E-state index contributed by atoms with van der Waals surface area (Å²) in [5.74, 6) is 0.485. The fourth-order valence-electron chi connectivity index (χ4n) is 2.13. The van der Waals surface area contributed by atoms with E-state index in [0.29, 0.717) is 16.4 Å². The van der Waals surface area contributed by atoms with E-state index in [2.05, 4.69) is 15.5 Å². The lowest BCUT2D eigenvalue weighted by Gasteiger charge is -2.12. The number of hydrogen-bond donors (Lipinski definition) is 1. The van der Waals surface area contributed by atoms with Crippen LogP contribution in [-0.4, -0.2) is 20.5 Å². The number of nitrogens with one attached hydrogen (secondary N) is 1. The fourth-order valence-corrected chi connectivity index (χ4v) is 2.32. The maximum atomic E-state index is 12.2. The number of carbonyl (C=O) groups excluding carboxylic acids is 1. The van der Waals surface area contributed by atoms with Crippen LogP contribution in [0.5, 0.6) is 0 Å². The van der Waals surface area contributed by atoms with E-state index >= 15 is 0 Å². The average Bonchev–Trinajstić information content (AvgIpc) is 2.91. The molecule has 21 heavy (non-hydrogen) atoms. The normalized spacial score (nSPS) is 12.3. The van der Waals surface area contributed by atoms with Gasteiger partial charge in [-0.05, 0) is 37.3 Å². The van der Waals surface area contributed by atoms with Crippen LogP contribution in [0.4, 0.5) is 0 Å². The number of nitrogens with zero attached hydrogens (tertiary/aromatic N) is 3. The minimum Gasteiger partial charge on any atom is -0.342 e. The number of pyridine rings is 1. The number of fused-ring (bicyclic) bond motifs is 1. The standard InChI is InChI=1S/C15H13ClN4O/c1-10(14-19-18-13-7-2-3-8-20(13)14)17-15(21)11-5-4-6-12(16)9-11/h2-10H,1H3,(H,17,21). The SMILES string of the molecule is CC(NC(=O)c1cccc(Cl)c1)c1nnc2ccccn12. The van der Waals surface area contributed by atoms with Gasteiger partial charge < -0.3 is 5.32 Å². The molecule has 3 aromatic rings. The molecule has 1 aromatic carbocycles. The highest BCUT2D eigenvalue weighted by Gasteiger charge is 2.16. The van der Waals surface area contributed by atoms with Crippen molar-refractivity contribution in [3.05, 3.63) is 65.1 Å². The van der Waals surface area contributed by atoms with Crippen molar-refractivity contribution in [1.29, 1.82) is 0 Å². The van der Waals surface area contributed by atoms with Gasteiger partial charge in [0.15, 0.2) is 11.5 Å². The smallest absolute Gasteiger partial charge is 0.251 e. The Morgan fingerprint density at radius 2 is 2.10 bits per heavy atom. The second kappa shape index (κ2) is 5.54. The maximum absolute atomic E-state index is 12.2. The molecule has 0 aliphatic rings. The molecule has 106 valence electrons. The van der Waals surface area contributed by atoms with Crippen LogP contribution in [0.15, 0.2) is 48.7 Å². The zero-order chi connectivity index (χ0) is 14.8. The highest BCUT2D eigenvalue weighted by atomic mass is 35.5. The molecule has 0 aliphatic carbocycles. The first-order chi connectivity index (χ1) is 10.1. The van der Waals surface area contributed by atoms with Gasteiger partial charge in [0.2, 0.25) is 0 Å². The van der Waals surface area contributed by atoms with Crippen LogP contribution in [0.25, 0.3) is 5.65 Å². The highest BCUT2D eigenvalue weighted by Crippen LogP contribution is 2.14. The van der Waals surface area contributed by atoms with Gasteiger partial charge in [0, 0.05) is 16.8 Å². The molecule has 0 saturated heterocycles. The first-order valence-electron chi connectivity index (χ1n) is 6.51. The van der Waals surface area contributed by atoms with Gasteiger partial charge in [-0.2, -0.15) is 0 Å². The predicted molar refractivity (Wildman–Crippen MR) is 80.3 cm³/mol. The number of benzene rings is 1. The summed E-state index contributed by atoms with van der Waals surface area (Å²) in [6.45, 7) is 1.87. The van der Waals surface area contributed by atoms with Gasteiger partial charge >= 0.3 is 0 Å². The first kappa shape index (κ1) is 13.6. The summed E-state index contributed by atoms with van der Waals surface area (Å²) in [6, 6.07) is 12.2. The van der Waals surface area contributed by atoms with Crippen LogP contribution in [0.1, 0.15) is 29.1 Å². The van der Waals surface area contributed by atoms with Crippen LogP contribution < -0.4 is 5.32 Å². The fraction of sp³-hybridized carbons (Fsp3) is 0.133. The Morgan fingerprint density at radius 3 is 2.90 bits per heavy atom. The van der Waals surface area contributed by atoms with Gasteiger partial charge in [-0.3, -0.25) is 9.20 Å². The third-order valence-electron chi connectivity index (χ3n) is 3.16. The largest absolute Gasteiger partial charge is 0.342 e. The number of carbonyl (C=O) groups is 1. The van der Waals surface area contributed by atoms with Crippen LogP contribution in [0.2, 0.25) is 5.02 Å². The summed E-state index contributed by atoms with van der Waals surface area (Å²) < 4.78 is 1.85. The lowest BCUT2D eigenvalue weighted by molar-refractivity contribution is 0.0938. The van der Waals surface area contributed by atoms with E-state index in [4.69, 9.17) is 11.6 Å². The number of rotatable bonds is 3. The third kappa shape index (κ3) is 2.73. The van der Waals surface area contributed by atoms with E-state index in [0.717, 1.165) is 5.65 Å². The Kier molecular flexibility index (Phi) is 3.58. The number of amides is 1. The number of hydrogen-bond acceptors (Lipinski definition) is 3. The molecule has 5 nitrogen and oxygen atoms in total. The zero-order valence-electron chi connectivity index (χ0n) is 11.3. The Balaban J connectivity index is 1.83. The summed E-state index contributed by atoms with van der Waals surface area (Å²) in [5, 5.41) is 11.6. The topological polar surface area (TPSA) is 59.3 Å². The van der Waals surface area contributed by atoms with E-state index in [-0.39, 0.29) is 11.9 Å². The third-order valence-corrected chi connectivity index (χ3v) is 3.40. The highest BCUT2D eigenvalue weighted by molar-refractivity contribution is 6.30. The second-order valence-corrected chi connectivity index (χ2v) is 5.13. The Labute approximate surface area is 126 Å². The molecule has 1 N–H and O–H groups in total. The van der Waals surface area contributed by atoms with E-state index < -0.39 is 0 Å². The molecule has 0 radical (unpaired) electrons. The summed E-state index contributed by atoms with van der Waals surface area (Å²) in [7, 11) is 0. The van der Waals surface area contributed by atoms with Crippen molar-refractivity contribution < 1.29 is 4.79 Å². The molecule has 1 amide bonds. The van der Waals surface area contributed by atoms with Crippen molar-refractivity contribution in [2.75, 3.05) is 0 Å². The van der Waals surface area contributed by atoms with E-state index in [1.54, 1.807) is 24.3 Å². The summed E-state index contributed by atoms with van der Waals surface area (Å²) in [6.07, 6.45) is 1.87. The van der Waals surface area contributed by atoms with Gasteiger partial charge in [0.25, 0.3) is 5.91 Å². The van der Waals surface area contributed by atoms with Gasteiger partial charge in [0.05, 0.1) is 6.04 Å². The Bertz CT molecular complexity index is 799. The van der Waals surface area contributed by atoms with E-state index in [1.165, 1.54) is 0 Å². The molecular weight excluding hydrogens is 288 g/mol. The van der Waals surface area contributed by atoms with Gasteiger partial charge in [-0.15, -0.1) is 10.2 Å². The molecule has 0 bridgehead atoms. The van der Waals surface area contributed by atoms with Crippen molar-refractivity contribution in [3.8, 4) is 0 Å². The summed E-state index contributed by atoms with van der Waals surface area (Å²) in [4.78, 5) is 12.2.